The largest absolute Gasteiger partial charge is 0.493 e. The first kappa shape index (κ1) is 15.1. The number of hydrogen-bond acceptors (Lipinski definition) is 2. The van der Waals surface area contributed by atoms with Crippen LogP contribution in [0.1, 0.15) is 57.1 Å². The lowest BCUT2D eigenvalue weighted by Gasteiger charge is -2.14. The summed E-state index contributed by atoms with van der Waals surface area (Å²) < 4.78 is 5.51. The molecule has 2 nitrogen and oxygen atoms in total. The summed E-state index contributed by atoms with van der Waals surface area (Å²) >= 11 is 0. The molecule has 1 aliphatic rings. The van der Waals surface area contributed by atoms with Crippen LogP contribution in [0.5, 0.6) is 5.75 Å². The van der Waals surface area contributed by atoms with Gasteiger partial charge in [-0.2, -0.15) is 0 Å². The molecule has 0 fully saturated rings. The van der Waals surface area contributed by atoms with E-state index in [1.165, 1.54) is 11.1 Å². The molecule has 0 aromatic heterocycles. The average molecular weight is 274 g/mol. The zero-order valence-corrected chi connectivity index (χ0v) is 12.8. The topological polar surface area (TPSA) is 26.3 Å². The van der Waals surface area contributed by atoms with Gasteiger partial charge in [-0.05, 0) is 36.5 Å². The van der Waals surface area contributed by atoms with E-state index in [0.717, 1.165) is 50.9 Å². The zero-order valence-electron chi connectivity index (χ0n) is 12.8. The van der Waals surface area contributed by atoms with E-state index in [4.69, 9.17) is 4.74 Å². The van der Waals surface area contributed by atoms with E-state index in [2.05, 4.69) is 32.0 Å². The first-order valence-corrected chi connectivity index (χ1v) is 8.02. The molecule has 2 rings (SSSR count). The third kappa shape index (κ3) is 3.84. The molecule has 110 valence electrons. The maximum Gasteiger partial charge on any atom is 0.136 e. The summed E-state index contributed by atoms with van der Waals surface area (Å²) in [4.78, 5) is 12.3. The highest BCUT2D eigenvalue weighted by atomic mass is 16.5. The van der Waals surface area contributed by atoms with Gasteiger partial charge in [-0.1, -0.05) is 38.8 Å². The van der Waals surface area contributed by atoms with Gasteiger partial charge in [0.2, 0.25) is 0 Å². The Kier molecular flexibility index (Phi) is 5.63. The molecule has 20 heavy (non-hydrogen) atoms. The number of benzene rings is 1. The Labute approximate surface area is 122 Å². The van der Waals surface area contributed by atoms with Crippen LogP contribution in [-0.2, 0) is 17.6 Å². The number of aryl methyl sites for hydroxylation is 1. The van der Waals surface area contributed by atoms with E-state index in [9.17, 15) is 4.79 Å². The Morgan fingerprint density at radius 1 is 1.25 bits per heavy atom. The van der Waals surface area contributed by atoms with Gasteiger partial charge in [-0.25, -0.2) is 0 Å². The Hall–Kier alpha value is -1.31. The van der Waals surface area contributed by atoms with Crippen molar-refractivity contribution < 1.29 is 9.53 Å². The molecule has 0 saturated carbocycles. The highest BCUT2D eigenvalue weighted by molar-refractivity contribution is 5.81. The Bertz CT molecular complexity index is 445. The second-order valence-electron chi connectivity index (χ2n) is 5.78. The van der Waals surface area contributed by atoms with Crippen molar-refractivity contribution in [1.29, 1.82) is 0 Å². The van der Waals surface area contributed by atoms with Crippen LogP contribution in [0.3, 0.4) is 0 Å². The lowest BCUT2D eigenvalue weighted by Crippen LogP contribution is -2.15. The predicted octanol–water partition coefficient (Wildman–Crippen LogP) is 4.34. The van der Waals surface area contributed by atoms with Gasteiger partial charge >= 0.3 is 0 Å². The molecule has 0 atom stereocenters. The van der Waals surface area contributed by atoms with Gasteiger partial charge in [0.1, 0.15) is 11.5 Å². The minimum absolute atomic E-state index is 0.280. The molecule has 0 radical (unpaired) electrons. The summed E-state index contributed by atoms with van der Waals surface area (Å²) in [5.41, 5.74) is 2.57. The Morgan fingerprint density at radius 3 is 2.70 bits per heavy atom. The molecule has 0 aliphatic carbocycles. The number of carbonyl (C=O) groups is 1. The third-order valence-corrected chi connectivity index (χ3v) is 4.14. The smallest absolute Gasteiger partial charge is 0.136 e. The molecule has 0 amide bonds. The molecular formula is C18H26O2. The van der Waals surface area contributed by atoms with Crippen LogP contribution in [0.4, 0.5) is 0 Å². The minimum Gasteiger partial charge on any atom is -0.493 e. The van der Waals surface area contributed by atoms with E-state index >= 15 is 0 Å². The standard InChI is InChI=1S/C18H26O2/c1-3-5-15(6-4-2)17(19)9-7-14-8-10-18-16(13-14)11-12-20-18/h8,10,13,15H,3-7,9,11-12H2,1-2H3. The molecule has 1 aliphatic heterocycles. The summed E-state index contributed by atoms with van der Waals surface area (Å²) in [6.07, 6.45) is 6.86. The van der Waals surface area contributed by atoms with Crippen molar-refractivity contribution in [1.82, 2.24) is 0 Å². The summed E-state index contributed by atoms with van der Waals surface area (Å²) in [5, 5.41) is 0. The molecular weight excluding hydrogens is 248 g/mol. The van der Waals surface area contributed by atoms with E-state index in [0.29, 0.717) is 12.2 Å². The van der Waals surface area contributed by atoms with Crippen LogP contribution in [0.15, 0.2) is 18.2 Å². The van der Waals surface area contributed by atoms with Gasteiger partial charge in [0.05, 0.1) is 6.61 Å². The predicted molar refractivity (Wildman–Crippen MR) is 82.3 cm³/mol. The number of hydrogen-bond donors (Lipinski definition) is 0. The number of fused-ring (bicyclic) bond motifs is 1. The second kappa shape index (κ2) is 7.47. The summed E-state index contributed by atoms with van der Waals surface area (Å²) in [5.74, 6) is 1.75. The molecule has 0 unspecified atom stereocenters. The SMILES string of the molecule is CCCC(CCC)C(=O)CCc1ccc2c(c1)CCO2. The zero-order chi connectivity index (χ0) is 14.4. The first-order chi connectivity index (χ1) is 9.74. The van der Waals surface area contributed by atoms with Crippen LogP contribution in [-0.4, -0.2) is 12.4 Å². The number of ether oxygens (including phenoxy) is 1. The first-order valence-electron chi connectivity index (χ1n) is 8.02. The number of carbonyl (C=O) groups excluding carboxylic acids is 1. The van der Waals surface area contributed by atoms with E-state index in [1.807, 2.05) is 0 Å². The Balaban J connectivity index is 1.89. The maximum absolute atomic E-state index is 12.3. The Morgan fingerprint density at radius 2 is 2.00 bits per heavy atom. The molecule has 1 aromatic carbocycles. The van der Waals surface area contributed by atoms with Crippen LogP contribution in [0, 0.1) is 5.92 Å². The number of ketones is 1. The van der Waals surface area contributed by atoms with Crippen LogP contribution >= 0.6 is 0 Å². The van der Waals surface area contributed by atoms with Gasteiger partial charge in [0.15, 0.2) is 0 Å². The molecule has 1 aromatic rings. The molecule has 2 heteroatoms. The van der Waals surface area contributed by atoms with Crippen molar-refractivity contribution in [2.24, 2.45) is 5.92 Å². The molecule has 1 heterocycles. The van der Waals surface area contributed by atoms with Gasteiger partial charge < -0.3 is 4.74 Å². The monoisotopic (exact) mass is 274 g/mol. The molecule has 0 saturated heterocycles. The van der Waals surface area contributed by atoms with Gasteiger partial charge in [0, 0.05) is 18.8 Å². The number of rotatable bonds is 8. The summed E-state index contributed by atoms with van der Waals surface area (Å²) in [6, 6.07) is 6.37. The van der Waals surface area contributed by atoms with E-state index in [1.54, 1.807) is 0 Å². The van der Waals surface area contributed by atoms with Crippen molar-refractivity contribution in [2.75, 3.05) is 6.61 Å². The summed E-state index contributed by atoms with van der Waals surface area (Å²) in [7, 11) is 0. The van der Waals surface area contributed by atoms with Crippen LogP contribution < -0.4 is 4.74 Å². The fourth-order valence-corrected chi connectivity index (χ4v) is 3.03. The van der Waals surface area contributed by atoms with Crippen molar-refractivity contribution in [3.8, 4) is 5.75 Å². The van der Waals surface area contributed by atoms with Gasteiger partial charge in [0.25, 0.3) is 0 Å². The van der Waals surface area contributed by atoms with Gasteiger partial charge in [-0.3, -0.25) is 4.79 Å². The molecule has 0 N–H and O–H groups in total. The van der Waals surface area contributed by atoms with Crippen molar-refractivity contribution in [2.45, 2.75) is 58.8 Å². The second-order valence-corrected chi connectivity index (χ2v) is 5.78. The molecule has 0 bridgehead atoms. The van der Waals surface area contributed by atoms with Gasteiger partial charge in [-0.15, -0.1) is 0 Å². The normalized spacial score (nSPS) is 13.3. The summed E-state index contributed by atoms with van der Waals surface area (Å²) in [6.45, 7) is 5.12. The highest BCUT2D eigenvalue weighted by Gasteiger charge is 2.17. The fourth-order valence-electron chi connectivity index (χ4n) is 3.03. The molecule has 0 spiro atoms. The lowest BCUT2D eigenvalue weighted by molar-refractivity contribution is -0.123. The third-order valence-electron chi connectivity index (χ3n) is 4.14. The maximum atomic E-state index is 12.3. The quantitative estimate of drug-likeness (QED) is 0.705. The van der Waals surface area contributed by atoms with Crippen molar-refractivity contribution in [3.05, 3.63) is 29.3 Å². The lowest BCUT2D eigenvalue weighted by atomic mass is 9.90. The fraction of sp³-hybridized carbons (Fsp3) is 0.611. The van der Waals surface area contributed by atoms with Crippen LogP contribution in [0.2, 0.25) is 0 Å². The van der Waals surface area contributed by atoms with Crippen molar-refractivity contribution in [3.63, 3.8) is 0 Å². The average Bonchev–Trinajstić information content (AvgIpc) is 2.92. The van der Waals surface area contributed by atoms with Crippen molar-refractivity contribution >= 4 is 5.78 Å². The van der Waals surface area contributed by atoms with E-state index < -0.39 is 0 Å². The van der Waals surface area contributed by atoms with Crippen LogP contribution in [0.25, 0.3) is 0 Å². The van der Waals surface area contributed by atoms with E-state index in [-0.39, 0.29) is 5.92 Å². The minimum atomic E-state index is 0.280. The highest BCUT2D eigenvalue weighted by Crippen LogP contribution is 2.26. The number of Topliss-reactive ketones (excluding diaryl/α,β-unsaturated/α-hetero) is 1.